The van der Waals surface area contributed by atoms with Gasteiger partial charge in [0.15, 0.2) is 0 Å². The van der Waals surface area contributed by atoms with Gasteiger partial charge in [0.2, 0.25) is 0 Å². The number of imidazole rings is 1. The molecule has 1 aromatic rings. The molecule has 0 N–H and O–H groups in total. The van der Waals surface area contributed by atoms with Crippen LogP contribution < -0.4 is 0 Å². The minimum atomic E-state index is -0.0938. The van der Waals surface area contributed by atoms with Gasteiger partial charge in [-0.3, -0.25) is 0 Å². The van der Waals surface area contributed by atoms with Gasteiger partial charge in [0.1, 0.15) is 6.04 Å². The molecule has 0 amide bonds. The second kappa shape index (κ2) is 5.51. The molecule has 4 aliphatic rings. The van der Waals surface area contributed by atoms with Gasteiger partial charge >= 0.3 is 0 Å². The fourth-order valence-corrected chi connectivity index (χ4v) is 6.54. The zero-order chi connectivity index (χ0) is 17.9. The predicted molar refractivity (Wildman–Crippen MR) is 103 cm³/mol. The van der Waals surface area contributed by atoms with Gasteiger partial charge in [0.05, 0.1) is 6.33 Å². The molecule has 2 saturated carbocycles. The first-order chi connectivity index (χ1) is 12.6. The molecule has 0 aliphatic heterocycles. The van der Waals surface area contributed by atoms with Crippen LogP contribution in [0.4, 0.5) is 0 Å². The molecule has 5 rings (SSSR count). The van der Waals surface area contributed by atoms with Crippen molar-refractivity contribution in [1.82, 2.24) is 9.55 Å². The van der Waals surface area contributed by atoms with Gasteiger partial charge in [-0.05, 0) is 61.9 Å². The molecular weight excluding hydrogens is 322 g/mol. The van der Waals surface area contributed by atoms with E-state index in [1.165, 1.54) is 30.5 Å². The lowest BCUT2D eigenvalue weighted by molar-refractivity contribution is 0.0632. The largest absolute Gasteiger partial charge is 0.309 e. The molecule has 26 heavy (non-hydrogen) atoms. The fraction of sp³-hybridized carbons (Fsp3) is 0.591. The van der Waals surface area contributed by atoms with E-state index in [0.29, 0.717) is 11.8 Å². The smallest absolute Gasteiger partial charge is 0.110 e. The number of nitrogens with zero attached hydrogens (tertiary/aromatic N) is 3. The summed E-state index contributed by atoms with van der Waals surface area (Å²) in [7, 11) is 0. The molecule has 0 aromatic carbocycles. The Bertz CT molecular complexity index is 834. The van der Waals surface area contributed by atoms with Gasteiger partial charge in [-0.1, -0.05) is 42.3 Å². The van der Waals surface area contributed by atoms with Gasteiger partial charge in [0, 0.05) is 23.5 Å². The fourth-order valence-electron chi connectivity index (χ4n) is 6.54. The summed E-state index contributed by atoms with van der Waals surface area (Å²) in [4.78, 5) is 15.3. The molecule has 4 nitrogen and oxygen atoms in total. The van der Waals surface area contributed by atoms with Crippen LogP contribution in [0.5, 0.6) is 0 Å². The normalized spacial score (nSPS) is 41.3. The van der Waals surface area contributed by atoms with Crippen molar-refractivity contribution in [2.45, 2.75) is 58.4 Å². The molecule has 136 valence electrons. The van der Waals surface area contributed by atoms with E-state index < -0.39 is 0 Å². The molecular formula is C22H27N3O. The van der Waals surface area contributed by atoms with Crippen LogP contribution in [0.1, 0.15) is 52.4 Å². The SMILES string of the molecule is C[C@]12CC[C@H]3[C@@H](CCC4=CC(N=O)CC[C@@]43C)C1=CC=C2n1ccnc1. The zero-order valence-corrected chi connectivity index (χ0v) is 15.7. The van der Waals surface area contributed by atoms with Crippen LogP contribution in [0.2, 0.25) is 0 Å². The monoisotopic (exact) mass is 349 g/mol. The molecule has 5 atom stereocenters. The van der Waals surface area contributed by atoms with Gasteiger partial charge in [-0.2, -0.15) is 4.91 Å². The maximum absolute atomic E-state index is 11.0. The molecule has 1 aromatic heterocycles. The second-order valence-corrected chi connectivity index (χ2v) is 9.09. The molecule has 4 heteroatoms. The Morgan fingerprint density at radius 3 is 2.85 bits per heavy atom. The minimum Gasteiger partial charge on any atom is -0.309 e. The number of hydrogen-bond acceptors (Lipinski definition) is 3. The van der Waals surface area contributed by atoms with E-state index in [4.69, 9.17) is 0 Å². The highest BCUT2D eigenvalue weighted by atomic mass is 16.3. The summed E-state index contributed by atoms with van der Waals surface area (Å²) >= 11 is 0. The molecule has 0 saturated heterocycles. The first-order valence-electron chi connectivity index (χ1n) is 10.0. The van der Waals surface area contributed by atoms with Crippen molar-refractivity contribution >= 4 is 5.70 Å². The minimum absolute atomic E-state index is 0.0938. The topological polar surface area (TPSA) is 47.2 Å². The maximum atomic E-state index is 11.0. The van der Waals surface area contributed by atoms with Crippen molar-refractivity contribution in [2.75, 3.05) is 0 Å². The quantitative estimate of drug-likeness (QED) is 0.533. The first kappa shape index (κ1) is 16.2. The van der Waals surface area contributed by atoms with Crippen LogP contribution in [-0.2, 0) is 0 Å². The summed E-state index contributed by atoms with van der Waals surface area (Å²) in [5.41, 5.74) is 4.92. The van der Waals surface area contributed by atoms with E-state index >= 15 is 0 Å². The number of hydrogen-bond donors (Lipinski definition) is 0. The maximum Gasteiger partial charge on any atom is 0.110 e. The highest BCUT2D eigenvalue weighted by molar-refractivity contribution is 5.66. The molecule has 4 aliphatic carbocycles. The molecule has 1 heterocycles. The van der Waals surface area contributed by atoms with E-state index in [9.17, 15) is 4.91 Å². The second-order valence-electron chi connectivity index (χ2n) is 9.09. The van der Waals surface area contributed by atoms with Crippen LogP contribution in [0.3, 0.4) is 0 Å². The van der Waals surface area contributed by atoms with Crippen molar-refractivity contribution in [3.8, 4) is 0 Å². The van der Waals surface area contributed by atoms with Crippen molar-refractivity contribution in [1.29, 1.82) is 0 Å². The lowest BCUT2D eigenvalue weighted by Gasteiger charge is -2.56. The number of aromatic nitrogens is 2. The Morgan fingerprint density at radius 1 is 1.19 bits per heavy atom. The molecule has 0 radical (unpaired) electrons. The summed E-state index contributed by atoms with van der Waals surface area (Å²) in [5.74, 6) is 1.36. The summed E-state index contributed by atoms with van der Waals surface area (Å²) in [6.45, 7) is 4.88. The van der Waals surface area contributed by atoms with Crippen molar-refractivity contribution in [3.05, 3.63) is 53.0 Å². The van der Waals surface area contributed by atoms with E-state index in [1.807, 2.05) is 12.5 Å². The average Bonchev–Trinajstić information content (AvgIpc) is 3.27. The summed E-state index contributed by atoms with van der Waals surface area (Å²) in [6, 6.07) is -0.0938. The Hall–Kier alpha value is -1.97. The van der Waals surface area contributed by atoms with E-state index in [2.05, 4.69) is 53.0 Å². The number of nitroso groups, excluding NO2 is 1. The highest BCUT2D eigenvalue weighted by Crippen LogP contribution is 2.64. The van der Waals surface area contributed by atoms with Crippen molar-refractivity contribution in [2.24, 2.45) is 27.8 Å². The van der Waals surface area contributed by atoms with Gasteiger partial charge in [0.25, 0.3) is 0 Å². The summed E-state index contributed by atoms with van der Waals surface area (Å²) in [6.07, 6.45) is 19.6. The van der Waals surface area contributed by atoms with Gasteiger partial charge in [-0.25, -0.2) is 4.98 Å². The lowest BCUT2D eigenvalue weighted by Crippen LogP contribution is -2.47. The van der Waals surface area contributed by atoms with E-state index in [1.54, 1.807) is 5.57 Å². The third-order valence-electron chi connectivity index (χ3n) is 8.01. The van der Waals surface area contributed by atoms with Crippen LogP contribution in [0, 0.1) is 27.6 Å². The number of allylic oxidation sites excluding steroid dienone is 5. The van der Waals surface area contributed by atoms with Crippen LogP contribution in [0.25, 0.3) is 5.70 Å². The zero-order valence-electron chi connectivity index (χ0n) is 15.7. The third-order valence-corrected chi connectivity index (χ3v) is 8.01. The Balaban J connectivity index is 1.48. The predicted octanol–water partition coefficient (Wildman–Crippen LogP) is 5.35. The molecule has 2 fully saturated rings. The van der Waals surface area contributed by atoms with Crippen LogP contribution in [0.15, 0.2) is 53.3 Å². The summed E-state index contributed by atoms with van der Waals surface area (Å²) in [5, 5.41) is 3.32. The lowest BCUT2D eigenvalue weighted by atomic mass is 9.49. The van der Waals surface area contributed by atoms with Gasteiger partial charge < -0.3 is 4.57 Å². The number of fused-ring (bicyclic) bond motifs is 5. The standard InChI is InChI=1S/C22H27N3O/c1-21-9-7-16(24-26)13-15(21)3-4-17-18-5-6-20(25-12-11-23-14-25)22(18,2)10-8-19(17)21/h5-6,11-14,16-17,19H,3-4,7-10H2,1-2H3/t16?,17-,19-,21-,22-/m0/s1. The Kier molecular flexibility index (Phi) is 3.44. The molecule has 0 bridgehead atoms. The van der Waals surface area contributed by atoms with Crippen molar-refractivity contribution < 1.29 is 0 Å². The van der Waals surface area contributed by atoms with Gasteiger partial charge in [-0.15, -0.1) is 0 Å². The number of rotatable bonds is 2. The Morgan fingerprint density at radius 2 is 2.08 bits per heavy atom. The van der Waals surface area contributed by atoms with Crippen LogP contribution >= 0.6 is 0 Å². The van der Waals surface area contributed by atoms with Crippen LogP contribution in [-0.4, -0.2) is 15.6 Å². The first-order valence-corrected chi connectivity index (χ1v) is 10.0. The third kappa shape index (κ3) is 2.04. The Labute approximate surface area is 155 Å². The highest BCUT2D eigenvalue weighted by Gasteiger charge is 2.54. The average molecular weight is 349 g/mol. The molecule has 1 unspecified atom stereocenters. The van der Waals surface area contributed by atoms with E-state index in [0.717, 1.165) is 19.3 Å². The summed E-state index contributed by atoms with van der Waals surface area (Å²) < 4.78 is 2.20. The van der Waals surface area contributed by atoms with E-state index in [-0.39, 0.29) is 16.9 Å². The molecule has 0 spiro atoms. The van der Waals surface area contributed by atoms with Crippen molar-refractivity contribution in [3.63, 3.8) is 0 Å².